The van der Waals surface area contributed by atoms with Crippen molar-refractivity contribution in [3.63, 3.8) is 0 Å². The van der Waals surface area contributed by atoms with E-state index in [0.29, 0.717) is 26.4 Å². The molecule has 0 bridgehead atoms. The van der Waals surface area contributed by atoms with E-state index >= 15 is 0 Å². The largest absolute Gasteiger partial charge is 0.394 e. The fourth-order valence-corrected chi connectivity index (χ4v) is 1.47. The van der Waals surface area contributed by atoms with Gasteiger partial charge in [0.15, 0.2) is 0 Å². The minimum absolute atomic E-state index is 0.0221. The molecule has 0 saturated heterocycles. The predicted octanol–water partition coefficient (Wildman–Crippen LogP) is 0.544. The number of rotatable bonds is 12. The molecule has 0 amide bonds. The van der Waals surface area contributed by atoms with Crippen LogP contribution in [0.5, 0.6) is 0 Å². The van der Waals surface area contributed by atoms with Gasteiger partial charge in [0, 0.05) is 26.4 Å². The van der Waals surface area contributed by atoms with E-state index in [9.17, 15) is 0 Å². The summed E-state index contributed by atoms with van der Waals surface area (Å²) in [4.78, 5) is 0. The molecule has 0 rings (SSSR count). The third-order valence-electron chi connectivity index (χ3n) is 2.48. The van der Waals surface area contributed by atoms with Crippen LogP contribution in [0, 0.1) is 0 Å². The molecule has 0 aromatic heterocycles. The van der Waals surface area contributed by atoms with Crippen molar-refractivity contribution >= 4 is 0 Å². The second-order valence-electron chi connectivity index (χ2n) is 4.00. The van der Waals surface area contributed by atoms with E-state index in [1.807, 2.05) is 0 Å². The van der Waals surface area contributed by atoms with Crippen molar-refractivity contribution in [2.75, 3.05) is 40.1 Å². The molecule has 5 nitrogen and oxygen atoms in total. The van der Waals surface area contributed by atoms with Crippen LogP contribution in [-0.4, -0.2) is 57.4 Å². The molecule has 17 heavy (non-hydrogen) atoms. The summed E-state index contributed by atoms with van der Waals surface area (Å²) in [7, 11) is 1.65. The highest BCUT2D eigenvalue weighted by Gasteiger charge is 2.16. The lowest BCUT2D eigenvalue weighted by atomic mass is 10.1. The highest BCUT2D eigenvalue weighted by atomic mass is 16.5. The molecule has 2 unspecified atom stereocenters. The third kappa shape index (κ3) is 9.50. The smallest absolute Gasteiger partial charge is 0.0956 e. The Hall–Kier alpha value is -0.200. The van der Waals surface area contributed by atoms with Gasteiger partial charge in [-0.3, -0.25) is 0 Å². The van der Waals surface area contributed by atoms with E-state index in [1.54, 1.807) is 7.11 Å². The summed E-state index contributed by atoms with van der Waals surface area (Å²) in [5, 5.41) is 9.14. The van der Waals surface area contributed by atoms with Gasteiger partial charge in [0.25, 0.3) is 0 Å². The van der Waals surface area contributed by atoms with Crippen LogP contribution >= 0.6 is 0 Å². The van der Waals surface area contributed by atoms with Crippen LogP contribution in [-0.2, 0) is 14.2 Å². The lowest BCUT2D eigenvalue weighted by Crippen LogP contribution is -2.39. The molecule has 0 aromatic rings. The van der Waals surface area contributed by atoms with Gasteiger partial charge >= 0.3 is 0 Å². The van der Waals surface area contributed by atoms with Gasteiger partial charge in [-0.2, -0.15) is 0 Å². The van der Waals surface area contributed by atoms with Gasteiger partial charge < -0.3 is 25.1 Å². The van der Waals surface area contributed by atoms with Crippen LogP contribution in [0.2, 0.25) is 0 Å². The van der Waals surface area contributed by atoms with Crippen molar-refractivity contribution in [1.29, 1.82) is 0 Å². The standard InChI is InChI=1S/C12H27NO4/c1-3-5-11(13)12(10-14)17-7-4-6-16-9-8-15-2/h11-12,14H,3-10,13H2,1-2H3. The fraction of sp³-hybridized carbons (Fsp3) is 1.00. The average Bonchev–Trinajstić information content (AvgIpc) is 2.33. The molecule has 0 radical (unpaired) electrons. The van der Waals surface area contributed by atoms with Crippen molar-refractivity contribution in [2.45, 2.75) is 38.3 Å². The van der Waals surface area contributed by atoms with Crippen LogP contribution < -0.4 is 5.73 Å². The minimum atomic E-state index is -0.256. The van der Waals surface area contributed by atoms with Gasteiger partial charge in [-0.25, -0.2) is 0 Å². The van der Waals surface area contributed by atoms with Crippen LogP contribution in [0.1, 0.15) is 26.2 Å². The molecule has 0 fully saturated rings. The summed E-state index contributed by atoms with van der Waals surface area (Å²) >= 11 is 0. The number of methoxy groups -OCH3 is 1. The topological polar surface area (TPSA) is 73.9 Å². The number of hydrogen-bond acceptors (Lipinski definition) is 5. The molecule has 0 heterocycles. The van der Waals surface area contributed by atoms with Gasteiger partial charge in [-0.05, 0) is 12.8 Å². The molecule has 0 aromatic carbocycles. The molecule has 0 aliphatic heterocycles. The van der Waals surface area contributed by atoms with E-state index in [-0.39, 0.29) is 18.8 Å². The van der Waals surface area contributed by atoms with E-state index in [2.05, 4.69) is 6.92 Å². The maximum Gasteiger partial charge on any atom is 0.0956 e. The fourth-order valence-electron chi connectivity index (χ4n) is 1.47. The van der Waals surface area contributed by atoms with Crippen molar-refractivity contribution < 1.29 is 19.3 Å². The predicted molar refractivity (Wildman–Crippen MR) is 67.0 cm³/mol. The maximum absolute atomic E-state index is 9.14. The molecule has 104 valence electrons. The van der Waals surface area contributed by atoms with Crippen molar-refractivity contribution in [2.24, 2.45) is 5.73 Å². The molecule has 2 atom stereocenters. The Labute approximate surface area is 104 Å². The Kier molecular flexibility index (Phi) is 12.1. The Bertz CT molecular complexity index is 157. The highest BCUT2D eigenvalue weighted by Crippen LogP contribution is 2.04. The first-order valence-electron chi connectivity index (χ1n) is 6.31. The number of hydrogen-bond donors (Lipinski definition) is 2. The summed E-state index contributed by atoms with van der Waals surface area (Å²) in [5.41, 5.74) is 5.89. The summed E-state index contributed by atoms with van der Waals surface area (Å²) in [6.45, 7) is 4.47. The van der Waals surface area contributed by atoms with Gasteiger partial charge in [0.05, 0.1) is 25.9 Å². The third-order valence-corrected chi connectivity index (χ3v) is 2.48. The van der Waals surface area contributed by atoms with Gasteiger partial charge in [0.1, 0.15) is 0 Å². The molecular weight excluding hydrogens is 222 g/mol. The van der Waals surface area contributed by atoms with Crippen LogP contribution in [0.4, 0.5) is 0 Å². The highest BCUT2D eigenvalue weighted by molar-refractivity contribution is 4.72. The zero-order chi connectivity index (χ0) is 12.9. The lowest BCUT2D eigenvalue weighted by molar-refractivity contribution is -0.0156. The average molecular weight is 249 g/mol. The number of aliphatic hydroxyl groups is 1. The van der Waals surface area contributed by atoms with E-state index in [0.717, 1.165) is 19.3 Å². The van der Waals surface area contributed by atoms with Crippen molar-refractivity contribution in [3.05, 3.63) is 0 Å². The number of ether oxygens (including phenoxy) is 3. The van der Waals surface area contributed by atoms with Crippen LogP contribution in [0.15, 0.2) is 0 Å². The van der Waals surface area contributed by atoms with E-state index < -0.39 is 0 Å². The zero-order valence-corrected chi connectivity index (χ0v) is 11.1. The summed E-state index contributed by atoms with van der Waals surface area (Å²) in [6, 6.07) is -0.0839. The maximum atomic E-state index is 9.14. The SMILES string of the molecule is CCCC(N)C(CO)OCCCOCCOC. The molecule has 0 aliphatic rings. The minimum Gasteiger partial charge on any atom is -0.394 e. The Balaban J connectivity index is 3.43. The Morgan fingerprint density at radius 1 is 1.18 bits per heavy atom. The Morgan fingerprint density at radius 3 is 2.53 bits per heavy atom. The summed E-state index contributed by atoms with van der Waals surface area (Å²) in [6.07, 6.45) is 2.42. The van der Waals surface area contributed by atoms with Crippen LogP contribution in [0.3, 0.4) is 0 Å². The normalized spacial score (nSPS) is 14.8. The number of nitrogens with two attached hydrogens (primary N) is 1. The molecular formula is C12H27NO4. The molecule has 0 spiro atoms. The summed E-state index contributed by atoms with van der Waals surface area (Å²) in [5.74, 6) is 0. The van der Waals surface area contributed by atoms with Gasteiger partial charge in [-0.15, -0.1) is 0 Å². The Morgan fingerprint density at radius 2 is 1.94 bits per heavy atom. The van der Waals surface area contributed by atoms with Crippen LogP contribution in [0.25, 0.3) is 0 Å². The second kappa shape index (κ2) is 12.3. The molecule has 0 aliphatic carbocycles. The zero-order valence-electron chi connectivity index (χ0n) is 11.1. The quantitative estimate of drug-likeness (QED) is 0.494. The van der Waals surface area contributed by atoms with Crippen molar-refractivity contribution in [1.82, 2.24) is 0 Å². The van der Waals surface area contributed by atoms with Crippen molar-refractivity contribution in [3.8, 4) is 0 Å². The molecule has 5 heteroatoms. The first-order valence-corrected chi connectivity index (χ1v) is 6.31. The van der Waals surface area contributed by atoms with Gasteiger partial charge in [-0.1, -0.05) is 13.3 Å². The molecule has 0 saturated carbocycles. The first kappa shape index (κ1) is 16.8. The van der Waals surface area contributed by atoms with E-state index in [1.165, 1.54) is 0 Å². The number of aliphatic hydroxyl groups excluding tert-OH is 1. The summed E-state index contributed by atoms with van der Waals surface area (Å²) < 4.78 is 15.7. The molecule has 3 N–H and O–H groups in total. The first-order chi connectivity index (χ1) is 8.26. The van der Waals surface area contributed by atoms with E-state index in [4.69, 9.17) is 25.1 Å². The van der Waals surface area contributed by atoms with Gasteiger partial charge in [0.2, 0.25) is 0 Å². The second-order valence-corrected chi connectivity index (χ2v) is 4.00. The lowest BCUT2D eigenvalue weighted by Gasteiger charge is -2.21. The monoisotopic (exact) mass is 249 g/mol.